The third kappa shape index (κ3) is 3.44. The van der Waals surface area contributed by atoms with Gasteiger partial charge in [0.25, 0.3) is 0 Å². The summed E-state index contributed by atoms with van der Waals surface area (Å²) in [7, 11) is 0. The van der Waals surface area contributed by atoms with E-state index in [4.69, 9.17) is 17.3 Å². The number of carbonyl (C=O) groups is 1. The lowest BCUT2D eigenvalue weighted by Gasteiger charge is -2.19. The number of halogens is 2. The molecule has 6 heteroatoms. The lowest BCUT2D eigenvalue weighted by Crippen LogP contribution is -2.12. The zero-order chi connectivity index (χ0) is 15.6. The Morgan fingerprint density at radius 2 is 1.95 bits per heavy atom. The molecular formula is C15H14ClFN2O2. The highest BCUT2D eigenvalue weighted by molar-refractivity contribution is 6.34. The van der Waals surface area contributed by atoms with Crippen molar-refractivity contribution in [1.29, 1.82) is 0 Å². The molecule has 110 valence electrons. The normalized spacial score (nSPS) is 12.0. The third-order valence-electron chi connectivity index (χ3n) is 3.07. The van der Waals surface area contributed by atoms with Crippen molar-refractivity contribution >= 4 is 28.9 Å². The zero-order valence-electron chi connectivity index (χ0n) is 11.2. The summed E-state index contributed by atoms with van der Waals surface area (Å²) in [6.07, 6.45) is 0. The van der Waals surface area contributed by atoms with E-state index in [0.29, 0.717) is 0 Å². The van der Waals surface area contributed by atoms with Gasteiger partial charge >= 0.3 is 5.97 Å². The summed E-state index contributed by atoms with van der Waals surface area (Å²) in [6, 6.07) is 8.51. The van der Waals surface area contributed by atoms with Gasteiger partial charge < -0.3 is 16.2 Å². The van der Waals surface area contributed by atoms with Gasteiger partial charge in [0.05, 0.1) is 16.3 Å². The van der Waals surface area contributed by atoms with Gasteiger partial charge in [-0.15, -0.1) is 0 Å². The lowest BCUT2D eigenvalue weighted by atomic mass is 10.1. The van der Waals surface area contributed by atoms with Crippen LogP contribution in [0, 0.1) is 5.82 Å². The first kappa shape index (κ1) is 15.1. The molecule has 1 unspecified atom stereocenters. The average Bonchev–Trinajstić information content (AvgIpc) is 2.41. The summed E-state index contributed by atoms with van der Waals surface area (Å²) in [4.78, 5) is 11.3. The zero-order valence-corrected chi connectivity index (χ0v) is 12.0. The van der Waals surface area contributed by atoms with Crippen LogP contribution in [0.25, 0.3) is 0 Å². The van der Waals surface area contributed by atoms with Crippen LogP contribution in [-0.4, -0.2) is 11.1 Å². The smallest absolute Gasteiger partial charge is 0.337 e. The van der Waals surface area contributed by atoms with Crippen molar-refractivity contribution in [3.05, 3.63) is 58.4 Å². The molecule has 2 aromatic rings. The van der Waals surface area contributed by atoms with Crippen LogP contribution in [0.5, 0.6) is 0 Å². The van der Waals surface area contributed by atoms with Crippen LogP contribution in [0.1, 0.15) is 28.9 Å². The minimum absolute atomic E-state index is 0.00559. The molecule has 0 aliphatic carbocycles. The Hall–Kier alpha value is -2.27. The number of hydrogen-bond acceptors (Lipinski definition) is 3. The molecule has 2 rings (SSSR count). The lowest BCUT2D eigenvalue weighted by molar-refractivity contribution is 0.0698. The average molecular weight is 309 g/mol. The molecule has 1 atom stereocenters. The van der Waals surface area contributed by atoms with Crippen LogP contribution in [0.4, 0.5) is 15.8 Å². The van der Waals surface area contributed by atoms with E-state index in [2.05, 4.69) is 5.32 Å². The molecule has 0 aliphatic heterocycles. The molecule has 0 aliphatic rings. The number of anilines is 2. The molecular weight excluding hydrogens is 295 g/mol. The Labute approximate surface area is 126 Å². The Kier molecular flexibility index (Phi) is 4.33. The summed E-state index contributed by atoms with van der Waals surface area (Å²) >= 11 is 6.07. The number of carboxylic acids is 1. The van der Waals surface area contributed by atoms with Gasteiger partial charge in [-0.05, 0) is 36.8 Å². The highest BCUT2D eigenvalue weighted by Crippen LogP contribution is 2.32. The van der Waals surface area contributed by atoms with E-state index in [1.807, 2.05) is 6.92 Å². The maximum Gasteiger partial charge on any atom is 0.337 e. The molecule has 0 fully saturated rings. The third-order valence-corrected chi connectivity index (χ3v) is 3.37. The highest BCUT2D eigenvalue weighted by atomic mass is 35.5. The molecule has 4 N–H and O–H groups in total. The van der Waals surface area contributed by atoms with Crippen LogP contribution in [-0.2, 0) is 0 Å². The van der Waals surface area contributed by atoms with E-state index in [1.165, 1.54) is 24.3 Å². The summed E-state index contributed by atoms with van der Waals surface area (Å²) < 4.78 is 12.9. The number of nitrogen functional groups attached to an aromatic ring is 1. The maximum atomic E-state index is 12.9. The molecule has 0 saturated carbocycles. The molecule has 0 spiro atoms. The second kappa shape index (κ2) is 6.01. The predicted octanol–water partition coefficient (Wildman–Crippen LogP) is 3.93. The topological polar surface area (TPSA) is 75.3 Å². The fourth-order valence-electron chi connectivity index (χ4n) is 1.99. The van der Waals surface area contributed by atoms with Crippen LogP contribution in [0.3, 0.4) is 0 Å². The summed E-state index contributed by atoms with van der Waals surface area (Å²) in [5, 5.41) is 12.5. The number of hydrogen-bond donors (Lipinski definition) is 3. The van der Waals surface area contributed by atoms with E-state index in [9.17, 15) is 14.3 Å². The number of nitrogens with one attached hydrogen (secondary N) is 1. The Bertz CT molecular complexity index is 674. The van der Waals surface area contributed by atoms with E-state index >= 15 is 0 Å². The fourth-order valence-corrected chi connectivity index (χ4v) is 2.28. The van der Waals surface area contributed by atoms with Gasteiger partial charge in [-0.1, -0.05) is 23.7 Å². The van der Waals surface area contributed by atoms with Crippen molar-refractivity contribution in [2.45, 2.75) is 13.0 Å². The molecule has 0 heterocycles. The van der Waals surface area contributed by atoms with Crippen molar-refractivity contribution in [3.63, 3.8) is 0 Å². The van der Waals surface area contributed by atoms with Gasteiger partial charge in [-0.3, -0.25) is 0 Å². The van der Waals surface area contributed by atoms with Crippen molar-refractivity contribution in [3.8, 4) is 0 Å². The number of nitrogens with two attached hydrogens (primary N) is 1. The minimum atomic E-state index is -1.13. The van der Waals surface area contributed by atoms with Gasteiger partial charge in [0.1, 0.15) is 5.82 Å². The van der Waals surface area contributed by atoms with E-state index < -0.39 is 5.97 Å². The van der Waals surface area contributed by atoms with Crippen LogP contribution in [0.15, 0.2) is 36.4 Å². The van der Waals surface area contributed by atoms with Crippen LogP contribution >= 0.6 is 11.6 Å². The number of rotatable bonds is 4. The van der Waals surface area contributed by atoms with Gasteiger partial charge in [0.2, 0.25) is 0 Å². The fraction of sp³-hybridized carbons (Fsp3) is 0.133. The first-order chi connectivity index (χ1) is 9.88. The predicted molar refractivity (Wildman–Crippen MR) is 81.3 cm³/mol. The van der Waals surface area contributed by atoms with Gasteiger partial charge in [-0.2, -0.15) is 0 Å². The molecule has 0 bridgehead atoms. The van der Waals surface area contributed by atoms with Crippen molar-refractivity contribution in [2.75, 3.05) is 11.1 Å². The Morgan fingerprint density at radius 3 is 2.52 bits per heavy atom. The first-order valence-electron chi connectivity index (χ1n) is 6.23. The standard InChI is InChI=1S/C15H14ClFN2O2/c1-8(9-2-4-10(17)5-3-9)19-14-12(15(20)21)6-11(18)7-13(14)16/h2-8,19H,18H2,1H3,(H,20,21). The van der Waals surface area contributed by atoms with Crippen LogP contribution < -0.4 is 11.1 Å². The quantitative estimate of drug-likeness (QED) is 0.748. The number of aromatic carboxylic acids is 1. The van der Waals surface area contributed by atoms with Gasteiger partial charge in [-0.25, -0.2) is 9.18 Å². The van der Waals surface area contributed by atoms with Crippen molar-refractivity contribution in [2.24, 2.45) is 0 Å². The molecule has 0 aromatic heterocycles. The van der Waals surface area contributed by atoms with Crippen LogP contribution in [0.2, 0.25) is 5.02 Å². The number of carboxylic acid groups (broad SMARTS) is 1. The van der Waals surface area contributed by atoms with E-state index in [-0.39, 0.29) is 33.8 Å². The molecule has 4 nitrogen and oxygen atoms in total. The van der Waals surface area contributed by atoms with Crippen molar-refractivity contribution < 1.29 is 14.3 Å². The van der Waals surface area contributed by atoms with Gasteiger partial charge in [0, 0.05) is 11.7 Å². The van der Waals surface area contributed by atoms with E-state index in [1.54, 1.807) is 12.1 Å². The van der Waals surface area contributed by atoms with Crippen molar-refractivity contribution in [1.82, 2.24) is 0 Å². The minimum Gasteiger partial charge on any atom is -0.478 e. The second-order valence-electron chi connectivity index (χ2n) is 4.65. The Balaban J connectivity index is 2.34. The Morgan fingerprint density at radius 1 is 1.33 bits per heavy atom. The number of benzene rings is 2. The molecule has 2 aromatic carbocycles. The summed E-state index contributed by atoms with van der Waals surface area (Å²) in [5.74, 6) is -1.46. The van der Waals surface area contributed by atoms with Gasteiger partial charge in [0.15, 0.2) is 0 Å². The molecule has 0 amide bonds. The second-order valence-corrected chi connectivity index (χ2v) is 5.06. The largest absolute Gasteiger partial charge is 0.478 e. The monoisotopic (exact) mass is 308 g/mol. The highest BCUT2D eigenvalue weighted by Gasteiger charge is 2.17. The SMILES string of the molecule is CC(Nc1c(Cl)cc(N)cc1C(=O)O)c1ccc(F)cc1. The molecule has 21 heavy (non-hydrogen) atoms. The summed E-state index contributed by atoms with van der Waals surface area (Å²) in [5.41, 5.74) is 6.97. The first-order valence-corrected chi connectivity index (χ1v) is 6.60. The summed E-state index contributed by atoms with van der Waals surface area (Å²) in [6.45, 7) is 1.82. The molecule has 0 radical (unpaired) electrons. The molecule has 0 saturated heterocycles. The maximum absolute atomic E-state index is 12.9. The van der Waals surface area contributed by atoms with E-state index in [0.717, 1.165) is 5.56 Å².